The number of benzene rings is 1. The van der Waals surface area contributed by atoms with Crippen molar-refractivity contribution in [3.8, 4) is 11.5 Å². The lowest BCUT2D eigenvalue weighted by Crippen LogP contribution is -2.16. The second-order valence-corrected chi connectivity index (χ2v) is 4.65. The summed E-state index contributed by atoms with van der Waals surface area (Å²) < 4.78 is 7.17. The Bertz CT molecular complexity index is 552. The molecule has 0 unspecified atom stereocenters. The van der Waals surface area contributed by atoms with E-state index in [4.69, 9.17) is 4.74 Å². The first-order valence-corrected chi connectivity index (χ1v) is 6.82. The van der Waals surface area contributed by atoms with Crippen molar-refractivity contribution in [3.05, 3.63) is 41.7 Å². The summed E-state index contributed by atoms with van der Waals surface area (Å²) in [4.78, 5) is 0. The molecular formula is C15H21N3O2. The molecule has 0 saturated heterocycles. The molecule has 1 aromatic carbocycles. The molecule has 0 bridgehead atoms. The van der Waals surface area contributed by atoms with Gasteiger partial charge in [0.25, 0.3) is 0 Å². The normalized spacial score (nSPS) is 10.7. The number of hydrogen-bond acceptors (Lipinski definition) is 4. The van der Waals surface area contributed by atoms with Gasteiger partial charge in [-0.05, 0) is 31.5 Å². The lowest BCUT2D eigenvalue weighted by atomic mass is 10.2. The van der Waals surface area contributed by atoms with Crippen molar-refractivity contribution in [2.24, 2.45) is 7.05 Å². The zero-order valence-electron chi connectivity index (χ0n) is 12.0. The Morgan fingerprint density at radius 2 is 2.25 bits per heavy atom. The summed E-state index contributed by atoms with van der Waals surface area (Å²) >= 11 is 0. The van der Waals surface area contributed by atoms with Crippen molar-refractivity contribution >= 4 is 0 Å². The number of rotatable bonds is 7. The summed E-state index contributed by atoms with van der Waals surface area (Å²) in [6.07, 6.45) is 4.80. The molecule has 0 amide bonds. The van der Waals surface area contributed by atoms with E-state index in [2.05, 4.69) is 10.4 Å². The van der Waals surface area contributed by atoms with E-state index in [0.29, 0.717) is 18.9 Å². The highest BCUT2D eigenvalue weighted by Crippen LogP contribution is 2.29. The molecule has 2 N–H and O–H groups in total. The molecule has 0 fully saturated rings. The topological polar surface area (TPSA) is 59.3 Å². The van der Waals surface area contributed by atoms with Gasteiger partial charge in [0, 0.05) is 25.4 Å². The first-order valence-electron chi connectivity index (χ1n) is 6.82. The Balaban J connectivity index is 1.83. The van der Waals surface area contributed by atoms with Gasteiger partial charge in [0.2, 0.25) is 0 Å². The second-order valence-electron chi connectivity index (χ2n) is 4.65. The summed E-state index contributed by atoms with van der Waals surface area (Å²) in [6, 6.07) is 5.57. The maximum Gasteiger partial charge on any atom is 0.162 e. The van der Waals surface area contributed by atoms with Gasteiger partial charge in [-0.15, -0.1) is 0 Å². The summed E-state index contributed by atoms with van der Waals surface area (Å²) in [5.74, 6) is 0.766. The number of para-hydroxylation sites is 1. The lowest BCUT2D eigenvalue weighted by molar-refractivity contribution is 0.316. The third kappa shape index (κ3) is 3.74. The van der Waals surface area contributed by atoms with Crippen LogP contribution in [0.15, 0.2) is 30.6 Å². The van der Waals surface area contributed by atoms with E-state index >= 15 is 0 Å². The minimum Gasteiger partial charge on any atom is -0.504 e. The second kappa shape index (κ2) is 6.96. The number of phenolic OH excluding ortho intramolecular Hbond substituents is 1. The SMILES string of the molecule is CCOc1cccc(CNCCc2cnn(C)c2)c1O. The molecule has 108 valence electrons. The molecule has 0 saturated carbocycles. The molecule has 2 aromatic rings. The molecule has 2 rings (SSSR count). The van der Waals surface area contributed by atoms with Gasteiger partial charge in [0.15, 0.2) is 11.5 Å². The van der Waals surface area contributed by atoms with Gasteiger partial charge in [-0.1, -0.05) is 12.1 Å². The van der Waals surface area contributed by atoms with Crippen LogP contribution in [0, 0.1) is 0 Å². The number of phenols is 1. The maximum absolute atomic E-state index is 10.1. The molecule has 5 nitrogen and oxygen atoms in total. The Labute approximate surface area is 119 Å². The minimum absolute atomic E-state index is 0.225. The van der Waals surface area contributed by atoms with Gasteiger partial charge >= 0.3 is 0 Å². The summed E-state index contributed by atoms with van der Waals surface area (Å²) in [5, 5.41) is 17.5. The highest BCUT2D eigenvalue weighted by Gasteiger charge is 2.07. The molecular weight excluding hydrogens is 254 g/mol. The Hall–Kier alpha value is -2.01. The van der Waals surface area contributed by atoms with Crippen LogP contribution < -0.4 is 10.1 Å². The van der Waals surface area contributed by atoms with E-state index in [-0.39, 0.29) is 5.75 Å². The molecule has 20 heavy (non-hydrogen) atoms. The number of ether oxygens (including phenoxy) is 1. The first kappa shape index (κ1) is 14.4. The third-order valence-electron chi connectivity index (χ3n) is 3.05. The van der Waals surface area contributed by atoms with Gasteiger partial charge in [0.1, 0.15) is 0 Å². The molecule has 5 heteroatoms. The Morgan fingerprint density at radius 3 is 2.95 bits per heavy atom. The van der Waals surface area contributed by atoms with Crippen LogP contribution in [-0.4, -0.2) is 28.0 Å². The van der Waals surface area contributed by atoms with Crippen molar-refractivity contribution in [2.45, 2.75) is 19.9 Å². The third-order valence-corrected chi connectivity index (χ3v) is 3.05. The van der Waals surface area contributed by atoms with Crippen LogP contribution in [0.2, 0.25) is 0 Å². The number of aryl methyl sites for hydroxylation is 1. The van der Waals surface area contributed by atoms with E-state index in [1.807, 2.05) is 38.5 Å². The Morgan fingerprint density at radius 1 is 1.40 bits per heavy atom. The fourth-order valence-corrected chi connectivity index (χ4v) is 2.04. The van der Waals surface area contributed by atoms with Crippen LogP contribution in [0.25, 0.3) is 0 Å². The average molecular weight is 275 g/mol. The van der Waals surface area contributed by atoms with Crippen molar-refractivity contribution < 1.29 is 9.84 Å². The predicted molar refractivity (Wildman–Crippen MR) is 77.9 cm³/mol. The van der Waals surface area contributed by atoms with Crippen LogP contribution in [0.3, 0.4) is 0 Å². The van der Waals surface area contributed by atoms with Gasteiger partial charge < -0.3 is 15.2 Å². The van der Waals surface area contributed by atoms with Crippen molar-refractivity contribution in [2.75, 3.05) is 13.2 Å². The molecule has 0 atom stereocenters. The zero-order valence-corrected chi connectivity index (χ0v) is 12.0. The van der Waals surface area contributed by atoms with E-state index in [0.717, 1.165) is 18.5 Å². The van der Waals surface area contributed by atoms with E-state index in [1.54, 1.807) is 10.7 Å². The molecule has 1 aromatic heterocycles. The van der Waals surface area contributed by atoms with Crippen LogP contribution in [0.4, 0.5) is 0 Å². The molecule has 0 aliphatic carbocycles. The molecule has 0 aliphatic rings. The quantitative estimate of drug-likeness (QED) is 0.757. The molecule has 1 heterocycles. The van der Waals surface area contributed by atoms with Crippen LogP contribution >= 0.6 is 0 Å². The van der Waals surface area contributed by atoms with Crippen LogP contribution in [0.5, 0.6) is 11.5 Å². The number of nitrogens with one attached hydrogen (secondary N) is 1. The molecule has 0 spiro atoms. The minimum atomic E-state index is 0.225. The number of aromatic hydroxyl groups is 1. The summed E-state index contributed by atoms with van der Waals surface area (Å²) in [6.45, 7) is 3.90. The van der Waals surface area contributed by atoms with Gasteiger partial charge in [-0.2, -0.15) is 5.10 Å². The lowest BCUT2D eigenvalue weighted by Gasteiger charge is -2.10. The zero-order chi connectivity index (χ0) is 14.4. The van der Waals surface area contributed by atoms with Crippen molar-refractivity contribution in [1.82, 2.24) is 15.1 Å². The van der Waals surface area contributed by atoms with Crippen molar-refractivity contribution in [1.29, 1.82) is 0 Å². The number of hydrogen-bond donors (Lipinski definition) is 2. The van der Waals surface area contributed by atoms with Gasteiger partial charge in [0.05, 0.1) is 12.8 Å². The standard InChI is InChI=1S/C15H21N3O2/c1-3-20-14-6-4-5-13(15(14)19)10-16-8-7-12-9-17-18(2)11-12/h4-6,9,11,16,19H,3,7-8,10H2,1-2H3. The van der Waals surface area contributed by atoms with E-state index in [9.17, 15) is 5.11 Å². The fraction of sp³-hybridized carbons (Fsp3) is 0.400. The summed E-state index contributed by atoms with van der Waals surface area (Å²) in [7, 11) is 1.91. The maximum atomic E-state index is 10.1. The number of aromatic nitrogens is 2. The first-order chi connectivity index (χ1) is 9.70. The fourth-order valence-electron chi connectivity index (χ4n) is 2.04. The van der Waals surface area contributed by atoms with Gasteiger partial charge in [-0.3, -0.25) is 4.68 Å². The number of nitrogens with zero attached hydrogens (tertiary/aromatic N) is 2. The van der Waals surface area contributed by atoms with Gasteiger partial charge in [-0.25, -0.2) is 0 Å². The van der Waals surface area contributed by atoms with Crippen LogP contribution in [0.1, 0.15) is 18.1 Å². The van der Waals surface area contributed by atoms with E-state index in [1.165, 1.54) is 5.56 Å². The van der Waals surface area contributed by atoms with Crippen molar-refractivity contribution in [3.63, 3.8) is 0 Å². The van der Waals surface area contributed by atoms with Crippen LogP contribution in [-0.2, 0) is 20.0 Å². The highest BCUT2D eigenvalue weighted by molar-refractivity contribution is 5.45. The predicted octanol–water partition coefficient (Wildman–Crippen LogP) is 1.86. The smallest absolute Gasteiger partial charge is 0.162 e. The average Bonchev–Trinajstić information content (AvgIpc) is 2.84. The molecule has 0 aliphatic heterocycles. The highest BCUT2D eigenvalue weighted by atomic mass is 16.5. The molecule has 0 radical (unpaired) electrons. The largest absolute Gasteiger partial charge is 0.504 e. The summed E-state index contributed by atoms with van der Waals surface area (Å²) in [5.41, 5.74) is 2.05. The van der Waals surface area contributed by atoms with E-state index < -0.39 is 0 Å². The monoisotopic (exact) mass is 275 g/mol. The Kier molecular flexibility index (Phi) is 5.01.